The summed E-state index contributed by atoms with van der Waals surface area (Å²) in [4.78, 5) is 14.5. The Morgan fingerprint density at radius 3 is 2.83 bits per heavy atom. The minimum Gasteiger partial charge on any atom is -0.338 e. The predicted molar refractivity (Wildman–Crippen MR) is 71.8 cm³/mol. The minimum atomic E-state index is 0.243. The van der Waals surface area contributed by atoms with Gasteiger partial charge in [-0.2, -0.15) is 0 Å². The molecule has 94 valence electrons. The van der Waals surface area contributed by atoms with Crippen LogP contribution in [0.3, 0.4) is 0 Å². The maximum Gasteiger partial charge on any atom is 0.226 e. The van der Waals surface area contributed by atoms with Gasteiger partial charge in [0.15, 0.2) is 0 Å². The van der Waals surface area contributed by atoms with Gasteiger partial charge in [-0.15, -0.1) is 0 Å². The molecule has 0 N–H and O–H groups in total. The van der Waals surface area contributed by atoms with Crippen molar-refractivity contribution in [1.82, 2.24) is 4.90 Å². The normalized spacial score (nSPS) is 27.1. The Hall–Kier alpha value is -1.57. The summed E-state index contributed by atoms with van der Waals surface area (Å²) < 4.78 is 0. The largest absolute Gasteiger partial charge is 0.338 e. The molecular formula is C16H19NO. The summed E-state index contributed by atoms with van der Waals surface area (Å²) in [7, 11) is 0. The van der Waals surface area contributed by atoms with Crippen LogP contribution in [-0.2, 0) is 11.3 Å². The van der Waals surface area contributed by atoms with Crippen molar-refractivity contribution in [3.8, 4) is 0 Å². The zero-order chi connectivity index (χ0) is 12.4. The first-order valence-electron chi connectivity index (χ1n) is 6.84. The first kappa shape index (κ1) is 11.5. The molecule has 0 aromatic heterocycles. The zero-order valence-corrected chi connectivity index (χ0v) is 10.6. The van der Waals surface area contributed by atoms with Crippen molar-refractivity contribution >= 4 is 5.91 Å². The van der Waals surface area contributed by atoms with Crippen molar-refractivity contribution in [2.24, 2.45) is 11.8 Å². The van der Waals surface area contributed by atoms with Crippen LogP contribution < -0.4 is 0 Å². The first-order valence-corrected chi connectivity index (χ1v) is 6.84. The van der Waals surface area contributed by atoms with Crippen molar-refractivity contribution < 1.29 is 4.79 Å². The van der Waals surface area contributed by atoms with Gasteiger partial charge in [-0.05, 0) is 30.7 Å². The molecule has 1 aromatic rings. The molecule has 3 rings (SSSR count). The predicted octanol–water partition coefficient (Wildman–Crippen LogP) is 3.00. The van der Waals surface area contributed by atoms with Gasteiger partial charge in [-0.25, -0.2) is 0 Å². The summed E-state index contributed by atoms with van der Waals surface area (Å²) in [6.45, 7) is 1.67. The molecule has 1 amide bonds. The fourth-order valence-electron chi connectivity index (χ4n) is 3.11. The highest BCUT2D eigenvalue weighted by molar-refractivity contribution is 5.80. The molecule has 1 aliphatic carbocycles. The van der Waals surface area contributed by atoms with Gasteiger partial charge in [0.2, 0.25) is 5.91 Å². The van der Waals surface area contributed by atoms with Crippen molar-refractivity contribution in [2.45, 2.75) is 25.8 Å². The molecule has 0 bridgehead atoms. The lowest BCUT2D eigenvalue weighted by atomic mass is 9.78. The quantitative estimate of drug-likeness (QED) is 0.729. The fraction of sp³-hybridized carbons (Fsp3) is 0.438. The molecular weight excluding hydrogens is 222 g/mol. The van der Waals surface area contributed by atoms with E-state index >= 15 is 0 Å². The van der Waals surface area contributed by atoms with E-state index in [2.05, 4.69) is 24.3 Å². The van der Waals surface area contributed by atoms with Gasteiger partial charge in [-0.3, -0.25) is 4.79 Å². The average Bonchev–Trinajstić information content (AvgIpc) is 2.43. The highest BCUT2D eigenvalue weighted by Gasteiger charge is 2.35. The van der Waals surface area contributed by atoms with Crippen molar-refractivity contribution in [1.29, 1.82) is 0 Å². The van der Waals surface area contributed by atoms with Crippen LogP contribution in [0.15, 0.2) is 42.5 Å². The maximum absolute atomic E-state index is 12.5. The van der Waals surface area contributed by atoms with E-state index < -0.39 is 0 Å². The molecule has 0 radical (unpaired) electrons. The van der Waals surface area contributed by atoms with Gasteiger partial charge in [0.05, 0.1) is 0 Å². The SMILES string of the molecule is O=C1[C@H]2CCC=CC2CCN1Cc1ccccc1. The Kier molecular flexibility index (Phi) is 3.18. The number of likely N-dealkylation sites (tertiary alicyclic amines) is 1. The topological polar surface area (TPSA) is 20.3 Å². The Labute approximate surface area is 108 Å². The van der Waals surface area contributed by atoms with Gasteiger partial charge < -0.3 is 4.90 Å². The van der Waals surface area contributed by atoms with Crippen molar-refractivity contribution in [2.75, 3.05) is 6.54 Å². The number of carbonyl (C=O) groups excluding carboxylic acids is 1. The van der Waals surface area contributed by atoms with E-state index in [1.807, 2.05) is 23.1 Å². The lowest BCUT2D eigenvalue weighted by Crippen LogP contribution is -2.45. The number of piperidine rings is 1. The van der Waals surface area contributed by atoms with Gasteiger partial charge in [0.1, 0.15) is 0 Å². The van der Waals surface area contributed by atoms with Gasteiger partial charge in [0.25, 0.3) is 0 Å². The molecule has 1 aromatic carbocycles. The van der Waals surface area contributed by atoms with Crippen LogP contribution in [0.1, 0.15) is 24.8 Å². The number of amides is 1. The van der Waals surface area contributed by atoms with E-state index in [9.17, 15) is 4.79 Å². The van der Waals surface area contributed by atoms with Gasteiger partial charge in [-0.1, -0.05) is 42.5 Å². The Bertz CT molecular complexity index is 451. The third-order valence-corrected chi connectivity index (χ3v) is 4.12. The smallest absolute Gasteiger partial charge is 0.226 e. The number of carbonyl (C=O) groups is 1. The van der Waals surface area contributed by atoms with Gasteiger partial charge in [0, 0.05) is 19.0 Å². The van der Waals surface area contributed by atoms with Crippen LogP contribution in [-0.4, -0.2) is 17.4 Å². The Morgan fingerprint density at radius 1 is 1.17 bits per heavy atom. The monoisotopic (exact) mass is 241 g/mol. The van der Waals surface area contributed by atoms with Crippen LogP contribution in [0.25, 0.3) is 0 Å². The van der Waals surface area contributed by atoms with Crippen LogP contribution in [0.2, 0.25) is 0 Å². The summed E-state index contributed by atoms with van der Waals surface area (Å²) in [5, 5.41) is 0. The number of fused-ring (bicyclic) bond motifs is 1. The molecule has 1 unspecified atom stereocenters. The summed E-state index contributed by atoms with van der Waals surface area (Å²) >= 11 is 0. The summed E-state index contributed by atoms with van der Waals surface area (Å²) in [5.74, 6) is 1.10. The number of nitrogens with zero attached hydrogens (tertiary/aromatic N) is 1. The van der Waals surface area contributed by atoms with E-state index in [1.54, 1.807) is 0 Å². The molecule has 1 aliphatic heterocycles. The van der Waals surface area contributed by atoms with E-state index in [0.717, 1.165) is 32.4 Å². The van der Waals surface area contributed by atoms with Gasteiger partial charge >= 0.3 is 0 Å². The molecule has 1 heterocycles. The van der Waals surface area contributed by atoms with E-state index in [4.69, 9.17) is 0 Å². The third-order valence-electron chi connectivity index (χ3n) is 4.12. The standard InChI is InChI=1S/C16H19NO/c18-16-15-9-5-4-8-14(15)10-11-17(16)12-13-6-2-1-3-7-13/h1-4,6-8,14-15H,5,9-12H2/t14?,15-/m0/s1. The second-order valence-electron chi connectivity index (χ2n) is 5.31. The van der Waals surface area contributed by atoms with E-state index in [1.165, 1.54) is 5.56 Å². The highest BCUT2D eigenvalue weighted by atomic mass is 16.2. The molecule has 2 heteroatoms. The first-order chi connectivity index (χ1) is 8.84. The van der Waals surface area contributed by atoms with Crippen molar-refractivity contribution in [3.63, 3.8) is 0 Å². The van der Waals surface area contributed by atoms with Crippen LogP contribution in [0, 0.1) is 11.8 Å². The third kappa shape index (κ3) is 2.20. The second-order valence-corrected chi connectivity index (χ2v) is 5.31. The number of allylic oxidation sites excluding steroid dienone is 2. The molecule has 1 saturated heterocycles. The van der Waals surface area contributed by atoms with Crippen LogP contribution in [0.5, 0.6) is 0 Å². The van der Waals surface area contributed by atoms with E-state index in [-0.39, 0.29) is 5.92 Å². The average molecular weight is 241 g/mol. The molecule has 2 nitrogen and oxygen atoms in total. The van der Waals surface area contributed by atoms with Crippen molar-refractivity contribution in [3.05, 3.63) is 48.0 Å². The molecule has 18 heavy (non-hydrogen) atoms. The van der Waals surface area contributed by atoms with Crippen LogP contribution >= 0.6 is 0 Å². The molecule has 1 fully saturated rings. The molecule has 2 atom stereocenters. The Morgan fingerprint density at radius 2 is 2.00 bits per heavy atom. The summed E-state index contributed by atoms with van der Waals surface area (Å²) in [6, 6.07) is 10.3. The highest BCUT2D eigenvalue weighted by Crippen LogP contribution is 2.33. The maximum atomic E-state index is 12.5. The lowest BCUT2D eigenvalue weighted by Gasteiger charge is -2.38. The number of hydrogen-bond acceptors (Lipinski definition) is 1. The zero-order valence-electron chi connectivity index (χ0n) is 10.6. The molecule has 0 saturated carbocycles. The lowest BCUT2D eigenvalue weighted by molar-refractivity contribution is -0.141. The molecule has 2 aliphatic rings. The minimum absolute atomic E-state index is 0.243. The Balaban J connectivity index is 1.71. The second kappa shape index (κ2) is 4.97. The number of hydrogen-bond donors (Lipinski definition) is 0. The molecule has 0 spiro atoms. The van der Waals surface area contributed by atoms with Crippen LogP contribution in [0.4, 0.5) is 0 Å². The number of benzene rings is 1. The fourth-order valence-corrected chi connectivity index (χ4v) is 3.11. The van der Waals surface area contributed by atoms with E-state index in [0.29, 0.717) is 11.8 Å². The summed E-state index contributed by atoms with van der Waals surface area (Å²) in [5.41, 5.74) is 1.23. The summed E-state index contributed by atoms with van der Waals surface area (Å²) in [6.07, 6.45) is 7.71. The number of rotatable bonds is 2.